The van der Waals surface area contributed by atoms with Gasteiger partial charge in [-0.2, -0.15) is 5.10 Å². The van der Waals surface area contributed by atoms with Gasteiger partial charge in [0, 0.05) is 36.0 Å². The minimum absolute atomic E-state index is 0.204. The molecule has 2 unspecified atom stereocenters. The SMILES string of the molecule is COc1cc(C)ccc1C(C)NC(C)c1cnn(C)c1C. The van der Waals surface area contributed by atoms with Gasteiger partial charge in [0.15, 0.2) is 0 Å². The molecule has 0 saturated heterocycles. The van der Waals surface area contributed by atoms with Crippen molar-refractivity contribution in [1.82, 2.24) is 15.1 Å². The van der Waals surface area contributed by atoms with Crippen molar-refractivity contribution < 1.29 is 4.74 Å². The summed E-state index contributed by atoms with van der Waals surface area (Å²) in [6, 6.07) is 6.77. The van der Waals surface area contributed by atoms with Crippen LogP contribution in [0.3, 0.4) is 0 Å². The van der Waals surface area contributed by atoms with Crippen molar-refractivity contribution >= 4 is 0 Å². The molecule has 114 valence electrons. The third-order valence-electron chi connectivity index (χ3n) is 4.10. The quantitative estimate of drug-likeness (QED) is 0.915. The minimum atomic E-state index is 0.204. The van der Waals surface area contributed by atoms with Gasteiger partial charge in [-0.05, 0) is 39.3 Å². The number of ether oxygens (including phenoxy) is 1. The molecule has 0 aliphatic carbocycles. The lowest BCUT2D eigenvalue weighted by Crippen LogP contribution is -2.23. The smallest absolute Gasteiger partial charge is 0.123 e. The molecule has 0 amide bonds. The third-order valence-corrected chi connectivity index (χ3v) is 4.10. The van der Waals surface area contributed by atoms with Crippen LogP contribution < -0.4 is 10.1 Å². The molecule has 0 radical (unpaired) electrons. The molecule has 2 aromatic rings. The van der Waals surface area contributed by atoms with E-state index >= 15 is 0 Å². The van der Waals surface area contributed by atoms with Gasteiger partial charge in [-0.25, -0.2) is 0 Å². The van der Waals surface area contributed by atoms with Crippen LogP contribution in [0.2, 0.25) is 0 Å². The molecule has 0 fully saturated rings. The Labute approximate surface area is 127 Å². The van der Waals surface area contributed by atoms with Gasteiger partial charge in [0.05, 0.1) is 13.3 Å². The van der Waals surface area contributed by atoms with Crippen molar-refractivity contribution in [3.05, 3.63) is 46.8 Å². The van der Waals surface area contributed by atoms with Crippen molar-refractivity contribution in [3.8, 4) is 5.75 Å². The number of rotatable bonds is 5. The summed E-state index contributed by atoms with van der Waals surface area (Å²) in [5.74, 6) is 0.935. The molecule has 21 heavy (non-hydrogen) atoms. The topological polar surface area (TPSA) is 39.1 Å². The first-order valence-electron chi connectivity index (χ1n) is 7.33. The van der Waals surface area contributed by atoms with Gasteiger partial charge in [0.1, 0.15) is 5.75 Å². The van der Waals surface area contributed by atoms with E-state index in [2.05, 4.69) is 56.3 Å². The van der Waals surface area contributed by atoms with Crippen LogP contribution >= 0.6 is 0 Å². The second-order valence-corrected chi connectivity index (χ2v) is 5.66. The summed E-state index contributed by atoms with van der Waals surface area (Å²) in [7, 11) is 3.69. The summed E-state index contributed by atoms with van der Waals surface area (Å²) in [6.45, 7) is 8.50. The van der Waals surface area contributed by atoms with Crippen LogP contribution in [0.25, 0.3) is 0 Å². The third kappa shape index (κ3) is 3.27. The molecule has 0 spiro atoms. The number of aromatic nitrogens is 2. The zero-order valence-electron chi connectivity index (χ0n) is 13.8. The highest BCUT2D eigenvalue weighted by molar-refractivity contribution is 5.39. The van der Waals surface area contributed by atoms with Gasteiger partial charge in [-0.1, -0.05) is 12.1 Å². The summed E-state index contributed by atoms with van der Waals surface area (Å²) in [6.07, 6.45) is 1.94. The highest BCUT2D eigenvalue weighted by Gasteiger charge is 2.17. The molecule has 0 saturated carbocycles. The van der Waals surface area contributed by atoms with Crippen molar-refractivity contribution in [2.24, 2.45) is 7.05 Å². The van der Waals surface area contributed by atoms with Crippen molar-refractivity contribution in [1.29, 1.82) is 0 Å². The Kier molecular flexibility index (Phi) is 4.68. The number of hydrogen-bond donors (Lipinski definition) is 1. The van der Waals surface area contributed by atoms with Crippen LogP contribution in [0.1, 0.15) is 48.3 Å². The fourth-order valence-corrected chi connectivity index (χ4v) is 2.67. The van der Waals surface area contributed by atoms with E-state index < -0.39 is 0 Å². The first-order valence-corrected chi connectivity index (χ1v) is 7.33. The highest BCUT2D eigenvalue weighted by Crippen LogP contribution is 2.28. The minimum Gasteiger partial charge on any atom is -0.496 e. The maximum absolute atomic E-state index is 5.51. The zero-order valence-corrected chi connectivity index (χ0v) is 13.8. The lowest BCUT2D eigenvalue weighted by Gasteiger charge is -2.22. The van der Waals surface area contributed by atoms with E-state index in [0.717, 1.165) is 5.75 Å². The van der Waals surface area contributed by atoms with E-state index in [9.17, 15) is 0 Å². The number of nitrogens with one attached hydrogen (secondary N) is 1. The van der Waals surface area contributed by atoms with Crippen molar-refractivity contribution in [3.63, 3.8) is 0 Å². The van der Waals surface area contributed by atoms with E-state index in [0.29, 0.717) is 0 Å². The van der Waals surface area contributed by atoms with Gasteiger partial charge in [0.25, 0.3) is 0 Å². The van der Waals surface area contributed by atoms with Gasteiger partial charge in [-0.15, -0.1) is 0 Å². The Morgan fingerprint density at radius 3 is 2.38 bits per heavy atom. The second kappa shape index (κ2) is 6.31. The maximum Gasteiger partial charge on any atom is 0.123 e. The molecule has 1 aromatic heterocycles. The van der Waals surface area contributed by atoms with Crippen LogP contribution in [0.15, 0.2) is 24.4 Å². The molecular weight excluding hydrogens is 262 g/mol. The van der Waals surface area contributed by atoms with Crippen LogP contribution in [0.4, 0.5) is 0 Å². The first-order chi connectivity index (χ1) is 9.93. The van der Waals surface area contributed by atoms with E-state index in [1.807, 2.05) is 17.9 Å². The van der Waals surface area contributed by atoms with Crippen molar-refractivity contribution in [2.75, 3.05) is 7.11 Å². The van der Waals surface area contributed by atoms with Crippen LogP contribution in [0.5, 0.6) is 5.75 Å². The summed E-state index contributed by atoms with van der Waals surface area (Å²) in [4.78, 5) is 0. The maximum atomic E-state index is 5.51. The zero-order chi connectivity index (χ0) is 15.6. The van der Waals surface area contributed by atoms with Gasteiger partial charge < -0.3 is 10.1 Å². The van der Waals surface area contributed by atoms with Crippen LogP contribution in [0, 0.1) is 13.8 Å². The molecule has 2 atom stereocenters. The fraction of sp³-hybridized carbons (Fsp3) is 0.471. The molecule has 2 rings (SSSR count). The fourth-order valence-electron chi connectivity index (χ4n) is 2.67. The first kappa shape index (κ1) is 15.6. The van der Waals surface area contributed by atoms with E-state index in [1.54, 1.807) is 7.11 Å². The number of nitrogens with zero attached hydrogens (tertiary/aromatic N) is 2. The molecule has 1 aromatic carbocycles. The Morgan fingerprint density at radius 2 is 1.81 bits per heavy atom. The monoisotopic (exact) mass is 287 g/mol. The Hall–Kier alpha value is -1.81. The predicted octanol–water partition coefficient (Wildman–Crippen LogP) is 3.46. The number of hydrogen-bond acceptors (Lipinski definition) is 3. The van der Waals surface area contributed by atoms with E-state index in [1.165, 1.54) is 22.4 Å². The van der Waals surface area contributed by atoms with Gasteiger partial charge in [-0.3, -0.25) is 4.68 Å². The largest absolute Gasteiger partial charge is 0.496 e. The average Bonchev–Trinajstić information content (AvgIpc) is 2.78. The lowest BCUT2D eigenvalue weighted by molar-refractivity contribution is 0.396. The second-order valence-electron chi connectivity index (χ2n) is 5.66. The van der Waals surface area contributed by atoms with Gasteiger partial charge >= 0.3 is 0 Å². The summed E-state index contributed by atoms with van der Waals surface area (Å²) >= 11 is 0. The van der Waals surface area contributed by atoms with Crippen LogP contribution in [-0.2, 0) is 7.05 Å². The van der Waals surface area contributed by atoms with Gasteiger partial charge in [0.2, 0.25) is 0 Å². The molecule has 0 bridgehead atoms. The Balaban J connectivity index is 2.18. The molecule has 1 N–H and O–H groups in total. The molecular formula is C17H25N3O. The highest BCUT2D eigenvalue weighted by atomic mass is 16.5. The molecule has 1 heterocycles. The number of aryl methyl sites for hydroxylation is 2. The van der Waals surface area contributed by atoms with E-state index in [-0.39, 0.29) is 12.1 Å². The Morgan fingerprint density at radius 1 is 1.14 bits per heavy atom. The summed E-state index contributed by atoms with van der Waals surface area (Å²) < 4.78 is 7.41. The number of methoxy groups -OCH3 is 1. The molecule has 4 heteroatoms. The molecule has 0 aliphatic heterocycles. The number of benzene rings is 1. The van der Waals surface area contributed by atoms with E-state index in [4.69, 9.17) is 4.74 Å². The normalized spacial score (nSPS) is 14.0. The standard InChI is InChI=1S/C17H25N3O/c1-11-7-8-15(17(9-11)21-6)12(2)19-13(3)16-10-18-20(5)14(16)4/h7-10,12-13,19H,1-6H3. The molecule has 0 aliphatic rings. The predicted molar refractivity (Wildman–Crippen MR) is 85.6 cm³/mol. The lowest BCUT2D eigenvalue weighted by atomic mass is 10.0. The summed E-state index contributed by atoms with van der Waals surface area (Å²) in [5, 5.41) is 7.94. The van der Waals surface area contributed by atoms with Crippen LogP contribution in [-0.4, -0.2) is 16.9 Å². The summed E-state index contributed by atoms with van der Waals surface area (Å²) in [5.41, 5.74) is 4.81. The Bertz CT molecular complexity index is 618. The average molecular weight is 287 g/mol. The molecule has 4 nitrogen and oxygen atoms in total. The van der Waals surface area contributed by atoms with Crippen molar-refractivity contribution in [2.45, 2.75) is 39.8 Å².